The summed E-state index contributed by atoms with van der Waals surface area (Å²) in [5, 5.41) is 8.59. The zero-order valence-corrected chi connectivity index (χ0v) is 12.1. The first-order chi connectivity index (χ1) is 9.63. The van der Waals surface area contributed by atoms with E-state index in [4.69, 9.17) is 9.84 Å². The number of rotatable bonds is 5. The van der Waals surface area contributed by atoms with Crippen LogP contribution in [0.25, 0.3) is 6.08 Å². The minimum Gasteiger partial charge on any atom is -0.489 e. The van der Waals surface area contributed by atoms with Crippen LogP contribution in [0.2, 0.25) is 0 Å². The average Bonchev–Trinajstić information content (AvgIpc) is 2.43. The summed E-state index contributed by atoms with van der Waals surface area (Å²) in [5.41, 5.74) is 1.73. The summed E-state index contributed by atoms with van der Waals surface area (Å²) in [7, 11) is 0. The summed E-state index contributed by atoms with van der Waals surface area (Å²) in [4.78, 5) is 14.5. The number of hydrogen-bond acceptors (Lipinski definition) is 3. The van der Waals surface area contributed by atoms with Gasteiger partial charge in [0.25, 0.3) is 0 Å². The summed E-state index contributed by atoms with van der Waals surface area (Å²) >= 11 is 3.35. The highest BCUT2D eigenvalue weighted by molar-refractivity contribution is 9.10. The molecule has 0 aliphatic heterocycles. The lowest BCUT2D eigenvalue weighted by atomic mass is 10.2. The van der Waals surface area contributed by atoms with Gasteiger partial charge in [0.15, 0.2) is 0 Å². The van der Waals surface area contributed by atoms with Crippen LogP contribution in [0.1, 0.15) is 11.1 Å². The number of carboxylic acid groups (broad SMARTS) is 1. The van der Waals surface area contributed by atoms with Gasteiger partial charge in [0.1, 0.15) is 12.4 Å². The fraction of sp³-hybridized carbons (Fsp3) is 0.0667. The van der Waals surface area contributed by atoms with Crippen LogP contribution in [0.3, 0.4) is 0 Å². The normalized spacial score (nSPS) is 10.7. The molecular weight excluding hydrogens is 322 g/mol. The van der Waals surface area contributed by atoms with E-state index in [1.165, 1.54) is 6.08 Å². The largest absolute Gasteiger partial charge is 0.489 e. The second kappa shape index (κ2) is 6.86. The quantitative estimate of drug-likeness (QED) is 0.850. The highest BCUT2D eigenvalue weighted by Gasteiger charge is 1.99. The monoisotopic (exact) mass is 333 g/mol. The smallest absolute Gasteiger partial charge is 0.328 e. The van der Waals surface area contributed by atoms with Gasteiger partial charge in [-0.3, -0.25) is 4.98 Å². The highest BCUT2D eigenvalue weighted by Crippen LogP contribution is 2.17. The second-order valence-electron chi connectivity index (χ2n) is 4.04. The van der Waals surface area contributed by atoms with Crippen molar-refractivity contribution in [2.45, 2.75) is 6.61 Å². The Hall–Kier alpha value is -2.14. The van der Waals surface area contributed by atoms with Gasteiger partial charge in [-0.15, -0.1) is 0 Å². The summed E-state index contributed by atoms with van der Waals surface area (Å²) in [6.45, 7) is 0.401. The van der Waals surface area contributed by atoms with E-state index in [2.05, 4.69) is 20.9 Å². The molecule has 2 rings (SSSR count). The molecule has 0 radical (unpaired) electrons. The van der Waals surface area contributed by atoms with Crippen molar-refractivity contribution in [3.8, 4) is 5.75 Å². The molecule has 0 bridgehead atoms. The first kappa shape index (κ1) is 14.3. The maximum Gasteiger partial charge on any atom is 0.328 e. The number of aliphatic carboxylic acids is 1. The number of aromatic nitrogens is 1. The molecule has 1 aromatic carbocycles. The number of pyridine rings is 1. The third-order valence-electron chi connectivity index (χ3n) is 2.44. The molecule has 20 heavy (non-hydrogen) atoms. The molecule has 4 nitrogen and oxygen atoms in total. The molecule has 0 fully saturated rings. The summed E-state index contributed by atoms with van der Waals surface area (Å²) < 4.78 is 6.55. The topological polar surface area (TPSA) is 59.4 Å². The average molecular weight is 334 g/mol. The van der Waals surface area contributed by atoms with Gasteiger partial charge in [-0.05, 0) is 45.8 Å². The van der Waals surface area contributed by atoms with E-state index >= 15 is 0 Å². The zero-order chi connectivity index (χ0) is 14.4. The standard InChI is InChI=1S/C15H12BrNO3/c16-13-6-12(8-17-9-13)10-20-14-3-1-2-11(7-14)4-5-15(18)19/h1-9H,10H2,(H,18,19)/b5-4+. The molecule has 0 unspecified atom stereocenters. The van der Waals surface area contributed by atoms with Crippen LogP contribution in [0.5, 0.6) is 5.75 Å². The van der Waals surface area contributed by atoms with Gasteiger partial charge in [-0.2, -0.15) is 0 Å². The van der Waals surface area contributed by atoms with Crippen LogP contribution in [-0.4, -0.2) is 16.1 Å². The van der Waals surface area contributed by atoms with Crippen LogP contribution < -0.4 is 4.74 Å². The fourth-order valence-corrected chi connectivity index (χ4v) is 1.99. The van der Waals surface area contributed by atoms with Gasteiger partial charge in [0.05, 0.1) is 0 Å². The molecule has 0 aliphatic carbocycles. The first-order valence-electron chi connectivity index (χ1n) is 5.87. The molecular formula is C15H12BrNO3. The summed E-state index contributed by atoms with van der Waals surface area (Å²) in [6.07, 6.45) is 6.06. The minimum atomic E-state index is -0.975. The van der Waals surface area contributed by atoms with Gasteiger partial charge >= 0.3 is 5.97 Å². The van der Waals surface area contributed by atoms with Crippen LogP contribution in [0, 0.1) is 0 Å². The Labute approximate surface area is 124 Å². The van der Waals surface area contributed by atoms with E-state index in [0.29, 0.717) is 12.4 Å². The summed E-state index contributed by atoms with van der Waals surface area (Å²) in [6, 6.07) is 9.17. The number of ether oxygens (including phenoxy) is 1. The van der Waals surface area contributed by atoms with Gasteiger partial charge < -0.3 is 9.84 Å². The number of carboxylic acids is 1. The molecule has 1 aromatic heterocycles. The van der Waals surface area contributed by atoms with Crippen molar-refractivity contribution >= 4 is 28.0 Å². The van der Waals surface area contributed by atoms with Gasteiger partial charge in [-0.1, -0.05) is 12.1 Å². The molecule has 0 atom stereocenters. The lowest BCUT2D eigenvalue weighted by Crippen LogP contribution is -1.96. The molecule has 1 heterocycles. The van der Waals surface area contributed by atoms with Crippen molar-refractivity contribution < 1.29 is 14.6 Å². The first-order valence-corrected chi connectivity index (χ1v) is 6.66. The van der Waals surface area contributed by atoms with Crippen LogP contribution in [0.15, 0.2) is 53.3 Å². The number of carbonyl (C=O) groups is 1. The number of nitrogens with zero attached hydrogens (tertiary/aromatic N) is 1. The van der Waals surface area contributed by atoms with Crippen LogP contribution in [-0.2, 0) is 11.4 Å². The van der Waals surface area contributed by atoms with Crippen molar-refractivity contribution in [1.29, 1.82) is 0 Å². The SMILES string of the molecule is O=C(O)/C=C/c1cccc(OCc2cncc(Br)c2)c1. The minimum absolute atomic E-state index is 0.401. The lowest BCUT2D eigenvalue weighted by Gasteiger charge is -2.07. The van der Waals surface area contributed by atoms with Crippen molar-refractivity contribution in [3.63, 3.8) is 0 Å². The Morgan fingerprint density at radius 3 is 2.95 bits per heavy atom. The fourth-order valence-electron chi connectivity index (χ4n) is 1.58. The lowest BCUT2D eigenvalue weighted by molar-refractivity contribution is -0.131. The Morgan fingerprint density at radius 1 is 1.35 bits per heavy atom. The Morgan fingerprint density at radius 2 is 2.20 bits per heavy atom. The van der Waals surface area contributed by atoms with Gasteiger partial charge in [0, 0.05) is 28.5 Å². The van der Waals surface area contributed by atoms with Gasteiger partial charge in [0.2, 0.25) is 0 Å². The maximum absolute atomic E-state index is 10.5. The molecule has 0 amide bonds. The van der Waals surface area contributed by atoms with E-state index in [1.54, 1.807) is 18.5 Å². The van der Waals surface area contributed by atoms with E-state index in [-0.39, 0.29) is 0 Å². The van der Waals surface area contributed by atoms with Crippen LogP contribution >= 0.6 is 15.9 Å². The van der Waals surface area contributed by atoms with E-state index < -0.39 is 5.97 Å². The second-order valence-corrected chi connectivity index (χ2v) is 4.96. The number of halogens is 1. The number of hydrogen-bond donors (Lipinski definition) is 1. The molecule has 1 N–H and O–H groups in total. The third-order valence-corrected chi connectivity index (χ3v) is 2.88. The van der Waals surface area contributed by atoms with Gasteiger partial charge in [-0.25, -0.2) is 4.79 Å². The van der Waals surface area contributed by atoms with Crippen molar-refractivity contribution in [2.24, 2.45) is 0 Å². The molecule has 5 heteroatoms. The van der Waals surface area contributed by atoms with Crippen LogP contribution in [0.4, 0.5) is 0 Å². The molecule has 102 valence electrons. The zero-order valence-electron chi connectivity index (χ0n) is 10.5. The molecule has 0 aliphatic rings. The van der Waals surface area contributed by atoms with Crippen molar-refractivity contribution in [1.82, 2.24) is 4.98 Å². The maximum atomic E-state index is 10.5. The Bertz CT molecular complexity index is 641. The molecule has 2 aromatic rings. The van der Waals surface area contributed by atoms with E-state index in [9.17, 15) is 4.79 Å². The Kier molecular flexibility index (Phi) is 4.90. The number of benzene rings is 1. The Balaban J connectivity index is 2.03. The van der Waals surface area contributed by atoms with E-state index in [1.807, 2.05) is 24.3 Å². The van der Waals surface area contributed by atoms with Crippen molar-refractivity contribution in [3.05, 3.63) is 64.4 Å². The van der Waals surface area contributed by atoms with E-state index in [0.717, 1.165) is 21.7 Å². The highest BCUT2D eigenvalue weighted by atomic mass is 79.9. The molecule has 0 spiro atoms. The third kappa shape index (κ3) is 4.51. The predicted octanol–water partition coefficient (Wildman–Crippen LogP) is 3.52. The molecule has 0 saturated carbocycles. The summed E-state index contributed by atoms with van der Waals surface area (Å²) in [5.74, 6) is -0.297. The van der Waals surface area contributed by atoms with Crippen molar-refractivity contribution in [2.75, 3.05) is 0 Å². The molecule has 0 saturated heterocycles. The predicted molar refractivity (Wildman–Crippen MR) is 79.4 cm³/mol.